The summed E-state index contributed by atoms with van der Waals surface area (Å²) < 4.78 is 0. The van der Waals surface area contributed by atoms with Gasteiger partial charge in [-0.25, -0.2) is 0 Å². The van der Waals surface area contributed by atoms with Crippen LogP contribution in [0.25, 0.3) is 0 Å². The Kier molecular flexibility index (Phi) is 9.59. The molecule has 12 heavy (non-hydrogen) atoms. The number of hydrogen-bond acceptors (Lipinski definition) is 3. The fourth-order valence-corrected chi connectivity index (χ4v) is 1.89. The summed E-state index contributed by atoms with van der Waals surface area (Å²) in [6.07, 6.45) is 3.02. The van der Waals surface area contributed by atoms with E-state index in [0.29, 0.717) is 0 Å². The molecule has 0 saturated carbocycles. The van der Waals surface area contributed by atoms with Crippen molar-refractivity contribution >= 4 is 42.8 Å². The van der Waals surface area contributed by atoms with E-state index < -0.39 is 13.2 Å². The average Bonchev–Trinajstić information content (AvgIpc) is 1.88. The van der Waals surface area contributed by atoms with Crippen LogP contribution in [-0.2, 0) is 4.79 Å². The van der Waals surface area contributed by atoms with Crippen molar-refractivity contribution in [2.75, 3.05) is 6.16 Å². The summed E-state index contributed by atoms with van der Waals surface area (Å²) in [7, 11) is -3.46. The van der Waals surface area contributed by atoms with E-state index in [1.165, 1.54) is 6.92 Å². The monoisotopic (exact) mass is 204 g/mol. The third kappa shape index (κ3) is 6.53. The third-order valence-corrected chi connectivity index (χ3v) is 3.87. The van der Waals surface area contributed by atoms with Crippen molar-refractivity contribution in [2.24, 2.45) is 0 Å². The summed E-state index contributed by atoms with van der Waals surface area (Å²) >= 11 is 0. The standard InChI is InChI=1S/C7H17O3P.Na.H/c1-3-4-5-6-11(9,10)7(2)8;;/h9-11H,3-6H2,1-2H3;;. The molecule has 0 rings (SSSR count). The van der Waals surface area contributed by atoms with Crippen LogP contribution in [0.15, 0.2) is 0 Å². The van der Waals surface area contributed by atoms with Crippen LogP contribution >= 0.6 is 7.72 Å². The molecule has 0 bridgehead atoms. The molecule has 0 fully saturated rings. The van der Waals surface area contributed by atoms with E-state index in [1.807, 2.05) is 6.92 Å². The Hall–Kier alpha value is 1.02. The van der Waals surface area contributed by atoms with Crippen LogP contribution in [0.1, 0.15) is 33.1 Å². The Morgan fingerprint density at radius 3 is 2.17 bits per heavy atom. The van der Waals surface area contributed by atoms with E-state index in [9.17, 15) is 4.79 Å². The number of rotatable bonds is 5. The van der Waals surface area contributed by atoms with Gasteiger partial charge in [0.2, 0.25) is 0 Å². The zero-order chi connectivity index (χ0) is 8.91. The maximum atomic E-state index is 10.6. The van der Waals surface area contributed by atoms with E-state index in [4.69, 9.17) is 9.79 Å². The van der Waals surface area contributed by atoms with Crippen molar-refractivity contribution in [3.8, 4) is 0 Å². The van der Waals surface area contributed by atoms with Crippen LogP contribution in [-0.4, -0.2) is 51.0 Å². The Morgan fingerprint density at radius 1 is 1.33 bits per heavy atom. The van der Waals surface area contributed by atoms with Crippen molar-refractivity contribution < 1.29 is 14.6 Å². The van der Waals surface area contributed by atoms with Crippen molar-refractivity contribution in [3.05, 3.63) is 0 Å². The van der Waals surface area contributed by atoms with Gasteiger partial charge >= 0.3 is 96.7 Å². The van der Waals surface area contributed by atoms with Crippen molar-refractivity contribution in [1.82, 2.24) is 0 Å². The van der Waals surface area contributed by atoms with Crippen LogP contribution in [0.4, 0.5) is 0 Å². The minimum absolute atomic E-state index is 0. The molecule has 0 amide bonds. The Morgan fingerprint density at radius 2 is 1.83 bits per heavy atom. The van der Waals surface area contributed by atoms with Gasteiger partial charge in [0.1, 0.15) is 0 Å². The van der Waals surface area contributed by atoms with Crippen LogP contribution in [0.2, 0.25) is 0 Å². The fraction of sp³-hybridized carbons (Fsp3) is 0.857. The first kappa shape index (κ1) is 15.5. The zero-order valence-electron chi connectivity index (χ0n) is 7.13. The molecule has 0 unspecified atom stereocenters. The quantitative estimate of drug-likeness (QED) is 0.392. The first-order valence-corrected chi connectivity index (χ1v) is 6.06. The molecule has 5 heteroatoms. The van der Waals surface area contributed by atoms with Gasteiger partial charge in [-0.1, -0.05) is 0 Å². The third-order valence-electron chi connectivity index (χ3n) is 1.69. The number of carbonyl (C=O) groups is 1. The van der Waals surface area contributed by atoms with Crippen molar-refractivity contribution in [1.29, 1.82) is 0 Å². The number of hydrogen-bond donors (Lipinski definition) is 2. The molecule has 0 aliphatic heterocycles. The molecule has 3 nitrogen and oxygen atoms in total. The molecule has 0 aliphatic rings. The average molecular weight is 204 g/mol. The molecule has 0 atom stereocenters. The van der Waals surface area contributed by atoms with Gasteiger partial charge in [-0.2, -0.15) is 0 Å². The van der Waals surface area contributed by atoms with Crippen molar-refractivity contribution in [3.63, 3.8) is 0 Å². The van der Waals surface area contributed by atoms with E-state index in [1.54, 1.807) is 0 Å². The van der Waals surface area contributed by atoms with E-state index in [2.05, 4.69) is 0 Å². The molecule has 0 aliphatic carbocycles. The van der Waals surface area contributed by atoms with Gasteiger partial charge in [0.15, 0.2) is 0 Å². The minimum atomic E-state index is -3.46. The molecule has 70 valence electrons. The van der Waals surface area contributed by atoms with Gasteiger partial charge in [0.05, 0.1) is 0 Å². The second-order valence-electron chi connectivity index (χ2n) is 2.83. The summed E-state index contributed by atoms with van der Waals surface area (Å²) in [5.41, 5.74) is -0.436. The Bertz CT molecular complexity index is 139. The molecule has 0 aromatic heterocycles. The van der Waals surface area contributed by atoms with Gasteiger partial charge in [0, 0.05) is 0 Å². The van der Waals surface area contributed by atoms with Crippen LogP contribution in [0.3, 0.4) is 0 Å². The topological polar surface area (TPSA) is 57.5 Å². The van der Waals surface area contributed by atoms with Gasteiger partial charge in [-0.3, -0.25) is 0 Å². The summed E-state index contributed by atoms with van der Waals surface area (Å²) in [5.74, 6) is 0. The second-order valence-corrected chi connectivity index (χ2v) is 5.67. The maximum absolute atomic E-state index is 10.6. The van der Waals surface area contributed by atoms with Gasteiger partial charge < -0.3 is 0 Å². The Balaban J connectivity index is 0. The van der Waals surface area contributed by atoms with E-state index in [-0.39, 0.29) is 35.7 Å². The van der Waals surface area contributed by atoms with Crippen LogP contribution in [0, 0.1) is 0 Å². The van der Waals surface area contributed by atoms with E-state index >= 15 is 0 Å². The second kappa shape index (κ2) is 7.43. The van der Waals surface area contributed by atoms with Gasteiger partial charge in [-0.15, -0.1) is 0 Å². The molecule has 0 saturated heterocycles. The molecule has 0 spiro atoms. The summed E-state index contributed by atoms with van der Waals surface area (Å²) in [6.45, 7) is 3.28. The van der Waals surface area contributed by atoms with Gasteiger partial charge in [0.25, 0.3) is 0 Å². The summed E-state index contributed by atoms with van der Waals surface area (Å²) in [4.78, 5) is 28.9. The zero-order valence-corrected chi connectivity index (χ0v) is 8.13. The predicted molar refractivity (Wildman–Crippen MR) is 55.0 cm³/mol. The SMILES string of the molecule is CCCCC[PH](O)(O)C(C)=O.[NaH]. The summed E-state index contributed by atoms with van der Waals surface area (Å²) in [5, 5.41) is 0. The normalized spacial score (nSPS) is 12.0. The number of unbranched alkanes of at least 4 members (excludes halogenated alkanes) is 2. The fourth-order valence-electron chi connectivity index (χ4n) is 0.798. The Labute approximate surface area is 96.4 Å². The molecular weight excluding hydrogens is 186 g/mol. The van der Waals surface area contributed by atoms with Crippen LogP contribution in [0.5, 0.6) is 0 Å². The molecule has 0 radical (unpaired) electrons. The van der Waals surface area contributed by atoms with Gasteiger partial charge in [-0.05, 0) is 0 Å². The predicted octanol–water partition coefficient (Wildman–Crippen LogP) is 0.639. The van der Waals surface area contributed by atoms with E-state index in [0.717, 1.165) is 19.3 Å². The first-order chi connectivity index (χ1) is 5.00. The number of carbonyl (C=O) groups excluding carboxylic acids is 1. The first-order valence-electron chi connectivity index (χ1n) is 3.96. The van der Waals surface area contributed by atoms with Crippen molar-refractivity contribution in [2.45, 2.75) is 33.1 Å². The summed E-state index contributed by atoms with van der Waals surface area (Å²) in [6, 6.07) is 0. The molecule has 0 aromatic rings. The van der Waals surface area contributed by atoms with Crippen LogP contribution < -0.4 is 0 Å². The molecule has 0 aromatic carbocycles. The molecular formula is C7H18NaO3P. The molecule has 2 N–H and O–H groups in total. The molecule has 0 heterocycles.